The van der Waals surface area contributed by atoms with Crippen LogP contribution in [0.15, 0.2) is 0 Å². The lowest BCUT2D eigenvalue weighted by atomic mass is 9.78. The van der Waals surface area contributed by atoms with E-state index in [1.807, 2.05) is 0 Å². The number of hydrogen-bond acceptors (Lipinski definition) is 4. The van der Waals surface area contributed by atoms with Crippen molar-refractivity contribution in [3.63, 3.8) is 0 Å². The number of unbranched alkanes of at least 4 members (excludes halogenated alkanes) is 22. The Morgan fingerprint density at radius 1 is 0.391 bits per heavy atom. The van der Waals surface area contributed by atoms with Gasteiger partial charge in [-0.25, -0.2) is 9.59 Å². The summed E-state index contributed by atoms with van der Waals surface area (Å²) in [4.78, 5) is 22.4. The fourth-order valence-electron chi connectivity index (χ4n) is 6.86. The van der Waals surface area contributed by atoms with Crippen molar-refractivity contribution in [2.24, 2.45) is 11.8 Å². The summed E-state index contributed by atoms with van der Waals surface area (Å²) >= 11 is 0. The number of nitrogens with one attached hydrogen (secondary N) is 2. The molecule has 6 heteroatoms. The molecule has 2 amide bonds. The zero-order valence-electron chi connectivity index (χ0n) is 31.4. The van der Waals surface area contributed by atoms with Gasteiger partial charge in [0, 0.05) is 14.1 Å². The highest BCUT2D eigenvalue weighted by atomic mass is 16.6. The van der Waals surface area contributed by atoms with Gasteiger partial charge in [0.1, 0.15) is 0 Å². The standard InChI is InChI=1S/C40H80N2O4/c1-5-7-9-11-13-19-25-31-37(33-27-21-15-17-23-29-35-45-39(43)41-3)38(32-26-20-14-12-10-8-6-2)34-28-22-16-18-24-30-36-46-40(44)42-4/h37-38H,5-36H2,1-4H3,(H,41,43)(H,42,44). The molecule has 0 radical (unpaired) electrons. The van der Waals surface area contributed by atoms with Gasteiger partial charge in [-0.15, -0.1) is 0 Å². The number of carbonyl (C=O) groups excluding carboxylic acids is 2. The predicted molar refractivity (Wildman–Crippen MR) is 198 cm³/mol. The van der Waals surface area contributed by atoms with Crippen molar-refractivity contribution in [1.82, 2.24) is 10.6 Å². The lowest BCUT2D eigenvalue weighted by Crippen LogP contribution is -2.19. The normalized spacial score (nSPS) is 12.5. The molecule has 0 heterocycles. The van der Waals surface area contributed by atoms with E-state index in [4.69, 9.17) is 9.47 Å². The molecule has 0 aliphatic carbocycles. The molecule has 0 bridgehead atoms. The molecule has 46 heavy (non-hydrogen) atoms. The van der Waals surface area contributed by atoms with Crippen LogP contribution >= 0.6 is 0 Å². The van der Waals surface area contributed by atoms with Gasteiger partial charge in [0.05, 0.1) is 13.2 Å². The van der Waals surface area contributed by atoms with Crippen LogP contribution in [0.1, 0.15) is 206 Å². The molecule has 0 fully saturated rings. The maximum absolute atomic E-state index is 11.2. The zero-order valence-corrected chi connectivity index (χ0v) is 31.4. The Kier molecular flexibility index (Phi) is 35.2. The Hall–Kier alpha value is -1.46. The average molecular weight is 653 g/mol. The Balaban J connectivity index is 4.77. The first-order chi connectivity index (χ1) is 22.6. The van der Waals surface area contributed by atoms with Gasteiger partial charge in [0.2, 0.25) is 0 Å². The Morgan fingerprint density at radius 2 is 0.630 bits per heavy atom. The summed E-state index contributed by atoms with van der Waals surface area (Å²) in [5.41, 5.74) is 0. The van der Waals surface area contributed by atoms with Crippen molar-refractivity contribution in [2.75, 3.05) is 27.3 Å². The summed E-state index contributed by atoms with van der Waals surface area (Å²) in [6.45, 7) is 5.68. The monoisotopic (exact) mass is 653 g/mol. The molecule has 0 spiro atoms. The molecule has 0 saturated carbocycles. The van der Waals surface area contributed by atoms with Crippen molar-refractivity contribution in [1.29, 1.82) is 0 Å². The molecule has 2 N–H and O–H groups in total. The maximum atomic E-state index is 11.2. The smallest absolute Gasteiger partial charge is 0.406 e. The Labute approximate surface area is 287 Å². The highest BCUT2D eigenvalue weighted by molar-refractivity contribution is 5.66. The predicted octanol–water partition coefficient (Wildman–Crippen LogP) is 12.7. The van der Waals surface area contributed by atoms with Crippen LogP contribution in [0.25, 0.3) is 0 Å². The van der Waals surface area contributed by atoms with Gasteiger partial charge in [-0.2, -0.15) is 0 Å². The molecule has 0 aromatic carbocycles. The van der Waals surface area contributed by atoms with Gasteiger partial charge < -0.3 is 20.1 Å². The van der Waals surface area contributed by atoms with E-state index < -0.39 is 0 Å². The SMILES string of the molecule is CCCCCCCCCC(CCCCCCCCOC(=O)NC)C(CCCCCCCCC)CCCCCCCCOC(=O)NC. The number of alkyl carbamates (subject to hydrolysis) is 2. The maximum Gasteiger partial charge on any atom is 0.406 e. The van der Waals surface area contributed by atoms with Gasteiger partial charge in [-0.05, 0) is 24.7 Å². The van der Waals surface area contributed by atoms with Crippen LogP contribution in [-0.2, 0) is 9.47 Å². The summed E-state index contributed by atoms with van der Waals surface area (Å²) < 4.78 is 10.3. The number of hydrogen-bond donors (Lipinski definition) is 2. The van der Waals surface area contributed by atoms with Crippen molar-refractivity contribution in [2.45, 2.75) is 206 Å². The average Bonchev–Trinajstić information content (AvgIpc) is 3.07. The van der Waals surface area contributed by atoms with E-state index in [2.05, 4.69) is 24.5 Å². The summed E-state index contributed by atoms with van der Waals surface area (Å²) in [6.07, 6.45) is 39.6. The molecule has 274 valence electrons. The topological polar surface area (TPSA) is 76.7 Å². The first kappa shape index (κ1) is 44.5. The second-order valence-corrected chi connectivity index (χ2v) is 13.9. The van der Waals surface area contributed by atoms with E-state index in [1.165, 1.54) is 167 Å². The van der Waals surface area contributed by atoms with Crippen LogP contribution in [0.4, 0.5) is 9.59 Å². The highest BCUT2D eigenvalue weighted by Crippen LogP contribution is 2.34. The van der Waals surface area contributed by atoms with E-state index in [1.54, 1.807) is 14.1 Å². The van der Waals surface area contributed by atoms with Crippen LogP contribution in [0.5, 0.6) is 0 Å². The minimum absolute atomic E-state index is 0.317. The van der Waals surface area contributed by atoms with Gasteiger partial charge in [-0.1, -0.05) is 194 Å². The van der Waals surface area contributed by atoms with Gasteiger partial charge in [0.15, 0.2) is 0 Å². The van der Waals surface area contributed by atoms with Crippen molar-refractivity contribution >= 4 is 12.2 Å². The van der Waals surface area contributed by atoms with E-state index >= 15 is 0 Å². The fourth-order valence-corrected chi connectivity index (χ4v) is 6.86. The molecule has 6 nitrogen and oxygen atoms in total. The molecule has 0 aliphatic rings. The molecular weight excluding hydrogens is 572 g/mol. The molecule has 2 unspecified atom stereocenters. The van der Waals surface area contributed by atoms with Crippen LogP contribution in [0.3, 0.4) is 0 Å². The summed E-state index contributed by atoms with van der Waals surface area (Å²) in [5.74, 6) is 1.80. The Bertz CT molecular complexity index is 591. The Morgan fingerprint density at radius 3 is 0.891 bits per heavy atom. The lowest BCUT2D eigenvalue weighted by Gasteiger charge is -2.28. The van der Waals surface area contributed by atoms with Crippen LogP contribution < -0.4 is 10.6 Å². The third-order valence-corrected chi connectivity index (χ3v) is 9.84. The largest absolute Gasteiger partial charge is 0.450 e. The van der Waals surface area contributed by atoms with Crippen molar-refractivity contribution < 1.29 is 19.1 Å². The summed E-state index contributed by atoms with van der Waals surface area (Å²) in [5, 5.41) is 5.03. The van der Waals surface area contributed by atoms with Crippen LogP contribution in [0.2, 0.25) is 0 Å². The van der Waals surface area contributed by atoms with Crippen LogP contribution in [0, 0.1) is 11.8 Å². The highest BCUT2D eigenvalue weighted by Gasteiger charge is 2.20. The number of rotatable bonds is 35. The van der Waals surface area contributed by atoms with E-state index in [0.29, 0.717) is 13.2 Å². The van der Waals surface area contributed by atoms with E-state index in [9.17, 15) is 9.59 Å². The van der Waals surface area contributed by atoms with E-state index in [-0.39, 0.29) is 12.2 Å². The molecule has 0 aromatic rings. The summed E-state index contributed by atoms with van der Waals surface area (Å²) in [6, 6.07) is 0. The lowest BCUT2D eigenvalue weighted by molar-refractivity contribution is 0.145. The molecular formula is C40H80N2O4. The zero-order chi connectivity index (χ0) is 33.8. The van der Waals surface area contributed by atoms with Gasteiger partial charge in [-0.3, -0.25) is 0 Å². The third-order valence-electron chi connectivity index (χ3n) is 9.84. The minimum Gasteiger partial charge on any atom is -0.450 e. The number of amides is 2. The number of ether oxygens (including phenoxy) is 2. The van der Waals surface area contributed by atoms with Gasteiger partial charge >= 0.3 is 12.2 Å². The first-order valence-corrected chi connectivity index (χ1v) is 20.3. The fraction of sp³-hybridized carbons (Fsp3) is 0.950. The molecule has 0 saturated heterocycles. The van der Waals surface area contributed by atoms with Crippen LogP contribution in [-0.4, -0.2) is 39.5 Å². The quantitative estimate of drug-likeness (QED) is 0.0668. The van der Waals surface area contributed by atoms with Crippen molar-refractivity contribution in [3.05, 3.63) is 0 Å². The first-order valence-electron chi connectivity index (χ1n) is 20.3. The molecule has 2 atom stereocenters. The van der Waals surface area contributed by atoms with Gasteiger partial charge in [0.25, 0.3) is 0 Å². The molecule has 0 aliphatic heterocycles. The molecule has 0 rings (SSSR count). The second-order valence-electron chi connectivity index (χ2n) is 13.9. The minimum atomic E-state index is -0.317. The summed E-state index contributed by atoms with van der Waals surface area (Å²) in [7, 11) is 3.22. The molecule has 0 aromatic heterocycles. The number of carbonyl (C=O) groups is 2. The van der Waals surface area contributed by atoms with E-state index in [0.717, 1.165) is 37.5 Å². The van der Waals surface area contributed by atoms with Crippen molar-refractivity contribution in [3.8, 4) is 0 Å². The third kappa shape index (κ3) is 31.2. The second kappa shape index (κ2) is 36.4.